The lowest BCUT2D eigenvalue weighted by Gasteiger charge is -2.36. The van der Waals surface area contributed by atoms with Gasteiger partial charge in [-0.3, -0.25) is 9.79 Å². The third kappa shape index (κ3) is 6.25. The van der Waals surface area contributed by atoms with Crippen molar-refractivity contribution in [3.05, 3.63) is 0 Å². The van der Waals surface area contributed by atoms with E-state index in [1.165, 1.54) is 0 Å². The SMILES string of the molecule is CN=C(NCC1(OC)CCOCC1)NC1CCN(C(=O)C(C)C)C1.I. The maximum absolute atomic E-state index is 12.1. The predicted octanol–water partition coefficient (Wildman–Crippen LogP) is 1.22. The van der Waals surface area contributed by atoms with E-state index >= 15 is 0 Å². The summed E-state index contributed by atoms with van der Waals surface area (Å²) in [6.45, 7) is 7.61. The Hall–Kier alpha value is -0.610. The second-order valence-corrected chi connectivity index (χ2v) is 6.99. The van der Waals surface area contributed by atoms with Crippen molar-refractivity contribution in [2.75, 3.05) is 47.0 Å². The molecule has 2 saturated heterocycles. The van der Waals surface area contributed by atoms with E-state index in [-0.39, 0.29) is 47.4 Å². The third-order valence-electron chi connectivity index (χ3n) is 4.97. The molecule has 2 fully saturated rings. The molecule has 0 aliphatic carbocycles. The van der Waals surface area contributed by atoms with Gasteiger partial charge >= 0.3 is 0 Å². The summed E-state index contributed by atoms with van der Waals surface area (Å²) in [6, 6.07) is 0.243. The van der Waals surface area contributed by atoms with Gasteiger partial charge in [0.05, 0.1) is 5.60 Å². The lowest BCUT2D eigenvalue weighted by atomic mass is 9.94. The number of likely N-dealkylation sites (tertiary alicyclic amines) is 1. The number of halogens is 1. The zero-order valence-electron chi connectivity index (χ0n) is 15.8. The van der Waals surface area contributed by atoms with Gasteiger partial charge in [0.1, 0.15) is 0 Å². The van der Waals surface area contributed by atoms with Crippen molar-refractivity contribution in [3.63, 3.8) is 0 Å². The summed E-state index contributed by atoms with van der Waals surface area (Å²) in [5.74, 6) is 1.04. The standard InChI is InChI=1S/C17H32N4O3.HI/c1-13(2)15(22)21-8-5-14(11-21)20-16(18-3)19-12-17(23-4)6-9-24-10-7-17;/h13-14H,5-12H2,1-4H3,(H2,18,19,20);1H. The van der Waals surface area contributed by atoms with E-state index in [9.17, 15) is 4.79 Å². The van der Waals surface area contributed by atoms with Crippen molar-refractivity contribution in [1.29, 1.82) is 0 Å². The molecule has 2 rings (SSSR count). The van der Waals surface area contributed by atoms with Crippen molar-refractivity contribution in [2.24, 2.45) is 10.9 Å². The molecule has 0 aromatic carbocycles. The Morgan fingerprint density at radius 1 is 1.40 bits per heavy atom. The van der Waals surface area contributed by atoms with Crippen LogP contribution in [0.15, 0.2) is 4.99 Å². The van der Waals surface area contributed by atoms with Crippen molar-refractivity contribution in [1.82, 2.24) is 15.5 Å². The molecule has 1 amide bonds. The van der Waals surface area contributed by atoms with Crippen molar-refractivity contribution < 1.29 is 14.3 Å². The minimum absolute atomic E-state index is 0. The first-order valence-corrected chi connectivity index (χ1v) is 8.88. The van der Waals surface area contributed by atoms with Crippen LogP contribution in [-0.2, 0) is 14.3 Å². The molecule has 0 saturated carbocycles. The van der Waals surface area contributed by atoms with Gasteiger partial charge in [-0.15, -0.1) is 24.0 Å². The molecule has 0 radical (unpaired) electrons. The summed E-state index contributed by atoms with van der Waals surface area (Å²) in [5, 5.41) is 6.81. The first-order valence-electron chi connectivity index (χ1n) is 8.88. The van der Waals surface area contributed by atoms with Gasteiger partial charge in [-0.05, 0) is 6.42 Å². The fraction of sp³-hybridized carbons (Fsp3) is 0.882. The van der Waals surface area contributed by atoms with Crippen molar-refractivity contribution in [3.8, 4) is 0 Å². The van der Waals surface area contributed by atoms with Crippen LogP contribution in [0.1, 0.15) is 33.1 Å². The molecule has 146 valence electrons. The Kier molecular flexibility index (Phi) is 9.44. The van der Waals surface area contributed by atoms with Gasteiger partial charge in [-0.1, -0.05) is 13.8 Å². The molecule has 0 spiro atoms. The van der Waals surface area contributed by atoms with Gasteiger partial charge < -0.3 is 25.0 Å². The molecule has 0 bridgehead atoms. The number of guanidine groups is 1. The highest BCUT2D eigenvalue weighted by molar-refractivity contribution is 14.0. The number of carbonyl (C=O) groups excluding carboxylic acids is 1. The molecule has 8 heteroatoms. The number of ether oxygens (including phenoxy) is 2. The summed E-state index contributed by atoms with van der Waals surface area (Å²) >= 11 is 0. The van der Waals surface area contributed by atoms with Crippen LogP contribution >= 0.6 is 24.0 Å². The second-order valence-electron chi connectivity index (χ2n) is 6.99. The second kappa shape index (κ2) is 10.5. The number of rotatable bonds is 5. The van der Waals surface area contributed by atoms with Crippen LogP contribution in [0.4, 0.5) is 0 Å². The van der Waals surface area contributed by atoms with Crippen LogP contribution in [0, 0.1) is 5.92 Å². The number of nitrogens with one attached hydrogen (secondary N) is 2. The molecular weight excluding hydrogens is 435 g/mol. The highest BCUT2D eigenvalue weighted by atomic mass is 127. The quantitative estimate of drug-likeness (QED) is 0.361. The molecule has 0 aromatic rings. The molecule has 1 unspecified atom stereocenters. The molecular formula is C17H33IN4O3. The Bertz CT molecular complexity index is 453. The Morgan fingerprint density at radius 2 is 2.08 bits per heavy atom. The molecule has 7 nitrogen and oxygen atoms in total. The zero-order valence-corrected chi connectivity index (χ0v) is 18.2. The Labute approximate surface area is 168 Å². The predicted molar refractivity (Wildman–Crippen MR) is 110 cm³/mol. The largest absolute Gasteiger partial charge is 0.381 e. The molecule has 25 heavy (non-hydrogen) atoms. The number of hydrogen-bond donors (Lipinski definition) is 2. The van der Waals surface area contributed by atoms with Gasteiger partial charge in [0.2, 0.25) is 5.91 Å². The first kappa shape index (κ1) is 22.4. The fourth-order valence-corrected chi connectivity index (χ4v) is 3.27. The van der Waals surface area contributed by atoms with Gasteiger partial charge in [0.15, 0.2) is 5.96 Å². The van der Waals surface area contributed by atoms with E-state index in [0.717, 1.165) is 51.5 Å². The maximum atomic E-state index is 12.1. The number of aliphatic imine (C=N–C) groups is 1. The van der Waals surface area contributed by atoms with Crippen LogP contribution in [0.3, 0.4) is 0 Å². The van der Waals surface area contributed by atoms with E-state index in [4.69, 9.17) is 9.47 Å². The van der Waals surface area contributed by atoms with E-state index in [2.05, 4.69) is 15.6 Å². The van der Waals surface area contributed by atoms with E-state index in [1.54, 1.807) is 14.2 Å². The normalized spacial score (nSPS) is 23.3. The fourth-order valence-electron chi connectivity index (χ4n) is 3.27. The molecule has 2 N–H and O–H groups in total. The maximum Gasteiger partial charge on any atom is 0.225 e. The first-order chi connectivity index (χ1) is 11.5. The number of carbonyl (C=O) groups is 1. The monoisotopic (exact) mass is 468 g/mol. The third-order valence-corrected chi connectivity index (χ3v) is 4.97. The lowest BCUT2D eigenvalue weighted by molar-refractivity contribution is -0.133. The van der Waals surface area contributed by atoms with Crippen LogP contribution in [0.25, 0.3) is 0 Å². The number of methoxy groups -OCH3 is 1. The lowest BCUT2D eigenvalue weighted by Crippen LogP contribution is -2.52. The van der Waals surface area contributed by atoms with Gasteiger partial charge in [0, 0.05) is 71.8 Å². The summed E-state index contributed by atoms with van der Waals surface area (Å²) in [6.07, 6.45) is 2.71. The molecule has 2 aliphatic heterocycles. The van der Waals surface area contributed by atoms with E-state index in [0.29, 0.717) is 6.54 Å². The van der Waals surface area contributed by atoms with Crippen LogP contribution < -0.4 is 10.6 Å². The topological polar surface area (TPSA) is 75.2 Å². The molecule has 2 heterocycles. The number of nitrogens with zero attached hydrogens (tertiary/aromatic N) is 2. The smallest absolute Gasteiger partial charge is 0.225 e. The average Bonchev–Trinajstić information content (AvgIpc) is 3.07. The van der Waals surface area contributed by atoms with Crippen molar-refractivity contribution >= 4 is 35.8 Å². The van der Waals surface area contributed by atoms with Gasteiger partial charge in [-0.25, -0.2) is 0 Å². The molecule has 0 aromatic heterocycles. The van der Waals surface area contributed by atoms with Crippen LogP contribution in [-0.4, -0.2) is 75.4 Å². The van der Waals surface area contributed by atoms with Crippen LogP contribution in [0.2, 0.25) is 0 Å². The summed E-state index contributed by atoms with van der Waals surface area (Å²) < 4.78 is 11.2. The zero-order chi connectivity index (χ0) is 17.6. The summed E-state index contributed by atoms with van der Waals surface area (Å²) in [5.41, 5.74) is -0.189. The minimum atomic E-state index is -0.189. The minimum Gasteiger partial charge on any atom is -0.381 e. The Balaban J connectivity index is 0.00000312. The van der Waals surface area contributed by atoms with E-state index in [1.807, 2.05) is 18.7 Å². The van der Waals surface area contributed by atoms with Gasteiger partial charge in [-0.2, -0.15) is 0 Å². The van der Waals surface area contributed by atoms with E-state index < -0.39 is 0 Å². The van der Waals surface area contributed by atoms with Gasteiger partial charge in [0.25, 0.3) is 0 Å². The number of hydrogen-bond acceptors (Lipinski definition) is 4. The van der Waals surface area contributed by atoms with Crippen LogP contribution in [0.5, 0.6) is 0 Å². The summed E-state index contributed by atoms with van der Waals surface area (Å²) in [4.78, 5) is 18.3. The molecule has 1 atom stereocenters. The highest BCUT2D eigenvalue weighted by Crippen LogP contribution is 2.23. The molecule has 2 aliphatic rings. The Morgan fingerprint density at radius 3 is 2.64 bits per heavy atom. The summed E-state index contributed by atoms with van der Waals surface area (Å²) in [7, 11) is 3.53. The highest BCUT2D eigenvalue weighted by Gasteiger charge is 2.33. The average molecular weight is 468 g/mol. The van der Waals surface area contributed by atoms with Crippen molar-refractivity contribution in [2.45, 2.75) is 44.8 Å². The number of amides is 1.